The Morgan fingerprint density at radius 3 is 2.46 bits per heavy atom. The maximum Gasteiger partial charge on any atom is 0.339 e. The van der Waals surface area contributed by atoms with E-state index in [0.29, 0.717) is 23.1 Å². The number of anilines is 2. The fraction of sp³-hybridized carbons (Fsp3) is 0.294. The smallest absolute Gasteiger partial charge is 0.339 e. The van der Waals surface area contributed by atoms with Crippen LogP contribution in [0.2, 0.25) is 0 Å². The van der Waals surface area contributed by atoms with E-state index in [1.807, 2.05) is 0 Å². The van der Waals surface area contributed by atoms with E-state index in [0.717, 1.165) is 6.54 Å². The SMILES string of the molecule is COC(=O)c1ccccc1NC(=O)c1cnc(NCC(C)C)nc1. The van der Waals surface area contributed by atoms with Crippen molar-refractivity contribution in [1.29, 1.82) is 0 Å². The van der Waals surface area contributed by atoms with Gasteiger partial charge in [0.1, 0.15) is 0 Å². The van der Waals surface area contributed by atoms with E-state index in [-0.39, 0.29) is 5.56 Å². The molecule has 0 fully saturated rings. The topological polar surface area (TPSA) is 93.2 Å². The molecule has 126 valence electrons. The fourth-order valence-corrected chi connectivity index (χ4v) is 1.91. The molecule has 0 bridgehead atoms. The van der Waals surface area contributed by atoms with Gasteiger partial charge in [-0.1, -0.05) is 26.0 Å². The number of carbonyl (C=O) groups is 2. The van der Waals surface area contributed by atoms with Gasteiger partial charge in [0, 0.05) is 18.9 Å². The molecule has 0 atom stereocenters. The minimum Gasteiger partial charge on any atom is -0.465 e. The molecule has 1 heterocycles. The van der Waals surface area contributed by atoms with Gasteiger partial charge in [-0.3, -0.25) is 4.79 Å². The third-order valence-electron chi connectivity index (χ3n) is 3.16. The summed E-state index contributed by atoms with van der Waals surface area (Å²) in [5.41, 5.74) is 0.950. The van der Waals surface area contributed by atoms with Crippen LogP contribution in [-0.2, 0) is 4.74 Å². The van der Waals surface area contributed by atoms with Gasteiger partial charge in [-0.2, -0.15) is 0 Å². The Morgan fingerprint density at radius 2 is 1.83 bits per heavy atom. The van der Waals surface area contributed by atoms with Crippen LogP contribution in [0.1, 0.15) is 34.6 Å². The van der Waals surface area contributed by atoms with Crippen molar-refractivity contribution in [2.45, 2.75) is 13.8 Å². The first-order valence-electron chi connectivity index (χ1n) is 7.56. The van der Waals surface area contributed by atoms with E-state index in [2.05, 4.69) is 34.4 Å². The highest BCUT2D eigenvalue weighted by molar-refractivity contribution is 6.07. The van der Waals surface area contributed by atoms with Crippen molar-refractivity contribution in [2.24, 2.45) is 5.92 Å². The molecule has 24 heavy (non-hydrogen) atoms. The van der Waals surface area contributed by atoms with Crippen molar-refractivity contribution in [2.75, 3.05) is 24.3 Å². The number of amides is 1. The molecule has 2 rings (SSSR count). The van der Waals surface area contributed by atoms with Crippen LogP contribution in [0.5, 0.6) is 0 Å². The van der Waals surface area contributed by atoms with Crippen molar-refractivity contribution in [3.8, 4) is 0 Å². The predicted octanol–water partition coefficient (Wildman–Crippen LogP) is 2.58. The van der Waals surface area contributed by atoms with E-state index < -0.39 is 11.9 Å². The van der Waals surface area contributed by atoms with Gasteiger partial charge in [-0.05, 0) is 18.1 Å². The first-order chi connectivity index (χ1) is 11.5. The van der Waals surface area contributed by atoms with Gasteiger partial charge in [0.05, 0.1) is 23.9 Å². The number of benzene rings is 1. The number of rotatable bonds is 6. The summed E-state index contributed by atoms with van der Waals surface area (Å²) < 4.78 is 4.70. The second-order valence-electron chi connectivity index (χ2n) is 5.56. The molecule has 0 aliphatic rings. The van der Waals surface area contributed by atoms with Gasteiger partial charge in [-0.25, -0.2) is 14.8 Å². The fourth-order valence-electron chi connectivity index (χ4n) is 1.91. The number of nitrogens with zero attached hydrogens (tertiary/aromatic N) is 2. The van der Waals surface area contributed by atoms with Gasteiger partial charge >= 0.3 is 5.97 Å². The molecule has 0 aliphatic carbocycles. The summed E-state index contributed by atoms with van der Waals surface area (Å²) in [6.45, 7) is 4.90. The first-order valence-corrected chi connectivity index (χ1v) is 7.56. The molecule has 0 saturated carbocycles. The van der Waals surface area contributed by atoms with Crippen LogP contribution in [0.15, 0.2) is 36.7 Å². The molecule has 0 spiro atoms. The normalized spacial score (nSPS) is 10.3. The van der Waals surface area contributed by atoms with Crippen LogP contribution < -0.4 is 10.6 Å². The van der Waals surface area contributed by atoms with Gasteiger partial charge < -0.3 is 15.4 Å². The van der Waals surface area contributed by atoms with Crippen LogP contribution >= 0.6 is 0 Å². The average molecular weight is 328 g/mol. The Kier molecular flexibility index (Phi) is 5.83. The van der Waals surface area contributed by atoms with E-state index in [4.69, 9.17) is 4.74 Å². The summed E-state index contributed by atoms with van der Waals surface area (Å²) in [6.07, 6.45) is 2.87. The number of methoxy groups -OCH3 is 1. The Bertz CT molecular complexity index is 714. The zero-order valence-corrected chi connectivity index (χ0v) is 13.9. The molecular weight excluding hydrogens is 308 g/mol. The summed E-state index contributed by atoms with van der Waals surface area (Å²) in [6, 6.07) is 6.62. The van der Waals surface area contributed by atoms with Gasteiger partial charge in [0.2, 0.25) is 5.95 Å². The lowest BCUT2D eigenvalue weighted by Gasteiger charge is -2.10. The van der Waals surface area contributed by atoms with E-state index in [1.54, 1.807) is 24.3 Å². The lowest BCUT2D eigenvalue weighted by atomic mass is 10.1. The quantitative estimate of drug-likeness (QED) is 0.792. The Hall–Kier alpha value is -2.96. The van der Waals surface area contributed by atoms with E-state index in [1.165, 1.54) is 19.5 Å². The molecule has 1 aromatic carbocycles. The van der Waals surface area contributed by atoms with Crippen molar-refractivity contribution in [1.82, 2.24) is 9.97 Å². The predicted molar refractivity (Wildman–Crippen MR) is 91.1 cm³/mol. The molecule has 0 radical (unpaired) electrons. The van der Waals surface area contributed by atoms with Gasteiger partial charge in [0.25, 0.3) is 5.91 Å². The minimum atomic E-state index is -0.518. The molecule has 2 aromatic rings. The van der Waals surface area contributed by atoms with Gasteiger partial charge in [0.15, 0.2) is 0 Å². The van der Waals surface area contributed by atoms with Crippen LogP contribution in [0.25, 0.3) is 0 Å². The number of nitrogens with one attached hydrogen (secondary N) is 2. The van der Waals surface area contributed by atoms with Crippen molar-refractivity contribution >= 4 is 23.5 Å². The zero-order chi connectivity index (χ0) is 17.5. The molecular formula is C17H20N4O3. The second-order valence-corrected chi connectivity index (χ2v) is 5.56. The molecule has 0 saturated heterocycles. The number of carbonyl (C=O) groups excluding carboxylic acids is 2. The Morgan fingerprint density at radius 1 is 1.17 bits per heavy atom. The number of para-hydroxylation sites is 1. The molecule has 2 N–H and O–H groups in total. The maximum atomic E-state index is 12.3. The number of esters is 1. The van der Waals surface area contributed by atoms with E-state index >= 15 is 0 Å². The summed E-state index contributed by atoms with van der Waals surface area (Å²) in [7, 11) is 1.29. The number of ether oxygens (including phenoxy) is 1. The van der Waals surface area contributed by atoms with Crippen LogP contribution in [0, 0.1) is 5.92 Å². The largest absolute Gasteiger partial charge is 0.465 e. The van der Waals surface area contributed by atoms with Crippen molar-refractivity contribution in [3.05, 3.63) is 47.8 Å². The highest BCUT2D eigenvalue weighted by Crippen LogP contribution is 2.17. The number of aromatic nitrogens is 2. The Balaban J connectivity index is 2.09. The van der Waals surface area contributed by atoms with Crippen LogP contribution in [0.4, 0.5) is 11.6 Å². The molecule has 1 amide bonds. The minimum absolute atomic E-state index is 0.282. The molecule has 0 unspecified atom stereocenters. The number of hydrogen-bond acceptors (Lipinski definition) is 6. The number of hydrogen-bond donors (Lipinski definition) is 2. The highest BCUT2D eigenvalue weighted by atomic mass is 16.5. The molecule has 7 heteroatoms. The van der Waals surface area contributed by atoms with E-state index in [9.17, 15) is 9.59 Å². The van der Waals surface area contributed by atoms with Crippen LogP contribution in [0.3, 0.4) is 0 Å². The third-order valence-corrected chi connectivity index (χ3v) is 3.16. The Labute approximate surface area is 140 Å². The second kappa shape index (κ2) is 8.05. The third kappa shape index (κ3) is 4.52. The zero-order valence-electron chi connectivity index (χ0n) is 13.9. The van der Waals surface area contributed by atoms with Gasteiger partial charge in [-0.15, -0.1) is 0 Å². The monoisotopic (exact) mass is 328 g/mol. The molecule has 0 aliphatic heterocycles. The first kappa shape index (κ1) is 17.4. The highest BCUT2D eigenvalue weighted by Gasteiger charge is 2.14. The average Bonchev–Trinajstić information content (AvgIpc) is 2.60. The standard InChI is InChI=1S/C17H20N4O3/c1-11(2)8-18-17-19-9-12(10-20-17)15(22)21-14-7-5-4-6-13(14)16(23)24-3/h4-7,9-11H,8H2,1-3H3,(H,21,22)(H,18,19,20). The summed E-state index contributed by atoms with van der Waals surface area (Å²) in [5, 5.41) is 5.75. The van der Waals surface area contributed by atoms with Crippen molar-refractivity contribution in [3.63, 3.8) is 0 Å². The lowest BCUT2D eigenvalue weighted by molar-refractivity contribution is 0.0602. The summed E-state index contributed by atoms with van der Waals surface area (Å²) in [5.74, 6) is 0.0127. The maximum absolute atomic E-state index is 12.3. The lowest BCUT2D eigenvalue weighted by Crippen LogP contribution is -2.16. The molecule has 7 nitrogen and oxygen atoms in total. The van der Waals surface area contributed by atoms with Crippen LogP contribution in [-0.4, -0.2) is 35.5 Å². The summed E-state index contributed by atoms with van der Waals surface area (Å²) in [4.78, 5) is 32.2. The molecule has 1 aromatic heterocycles. The summed E-state index contributed by atoms with van der Waals surface area (Å²) >= 11 is 0. The van der Waals surface area contributed by atoms with Crippen molar-refractivity contribution < 1.29 is 14.3 Å².